The normalized spacial score (nSPS) is 14.2. The SMILES string of the molecule is COc1ccc(CSCC(=O)N(Cc2cccc(Cl)c2)[C@H](Cc2ccccc2)C(=O)NC2CCCC2)cc1. The fourth-order valence-corrected chi connectivity index (χ4v) is 5.90. The fraction of sp³-hybridized carbons (Fsp3) is 0.355. The number of amides is 2. The van der Waals surface area contributed by atoms with E-state index >= 15 is 0 Å². The Morgan fingerprint density at radius 3 is 2.37 bits per heavy atom. The van der Waals surface area contributed by atoms with Crippen LogP contribution in [-0.2, 0) is 28.3 Å². The summed E-state index contributed by atoms with van der Waals surface area (Å²) in [5.41, 5.74) is 3.04. The molecule has 0 bridgehead atoms. The van der Waals surface area contributed by atoms with Gasteiger partial charge in [0.1, 0.15) is 11.8 Å². The molecule has 0 aliphatic heterocycles. The van der Waals surface area contributed by atoms with Crippen molar-refractivity contribution in [3.63, 3.8) is 0 Å². The van der Waals surface area contributed by atoms with E-state index in [1.165, 1.54) is 0 Å². The van der Waals surface area contributed by atoms with Crippen molar-refractivity contribution in [2.24, 2.45) is 0 Å². The fourth-order valence-electron chi connectivity index (χ4n) is 4.81. The Morgan fingerprint density at radius 2 is 1.68 bits per heavy atom. The number of rotatable bonds is 12. The molecule has 3 aromatic rings. The molecule has 0 heterocycles. The molecule has 200 valence electrons. The molecule has 5 nitrogen and oxygen atoms in total. The van der Waals surface area contributed by atoms with Crippen molar-refractivity contribution in [2.45, 2.75) is 56.5 Å². The van der Waals surface area contributed by atoms with Crippen molar-refractivity contribution in [3.05, 3.63) is 101 Å². The Morgan fingerprint density at radius 1 is 0.974 bits per heavy atom. The van der Waals surface area contributed by atoms with E-state index in [-0.39, 0.29) is 23.6 Å². The summed E-state index contributed by atoms with van der Waals surface area (Å²) in [6.07, 6.45) is 4.69. The Kier molecular flexibility index (Phi) is 10.5. The number of nitrogens with zero attached hydrogens (tertiary/aromatic N) is 1. The predicted molar refractivity (Wildman–Crippen MR) is 155 cm³/mol. The van der Waals surface area contributed by atoms with Crippen molar-refractivity contribution in [1.82, 2.24) is 10.2 Å². The monoisotopic (exact) mass is 550 g/mol. The number of hydrogen-bond donors (Lipinski definition) is 1. The highest BCUT2D eigenvalue weighted by molar-refractivity contribution is 7.99. The number of halogens is 1. The maximum atomic E-state index is 13.8. The van der Waals surface area contributed by atoms with E-state index in [0.29, 0.717) is 23.7 Å². The number of ether oxygens (including phenoxy) is 1. The number of hydrogen-bond acceptors (Lipinski definition) is 4. The summed E-state index contributed by atoms with van der Waals surface area (Å²) >= 11 is 7.82. The second-order valence-corrected chi connectivity index (χ2v) is 11.1. The molecule has 1 N–H and O–H groups in total. The molecule has 0 unspecified atom stereocenters. The summed E-state index contributed by atoms with van der Waals surface area (Å²) < 4.78 is 5.24. The van der Waals surface area contributed by atoms with Gasteiger partial charge in [0.05, 0.1) is 12.9 Å². The molecule has 0 radical (unpaired) electrons. The van der Waals surface area contributed by atoms with Crippen LogP contribution in [-0.4, -0.2) is 41.7 Å². The highest BCUT2D eigenvalue weighted by Gasteiger charge is 2.32. The second-order valence-electron chi connectivity index (χ2n) is 9.69. The quantitative estimate of drug-likeness (QED) is 0.288. The molecule has 7 heteroatoms. The first-order chi connectivity index (χ1) is 18.5. The van der Waals surface area contributed by atoms with Crippen LogP contribution in [0.2, 0.25) is 5.02 Å². The Labute approximate surface area is 234 Å². The molecule has 1 aliphatic carbocycles. The average molecular weight is 551 g/mol. The third-order valence-corrected chi connectivity index (χ3v) is 8.09. The average Bonchev–Trinajstić information content (AvgIpc) is 3.44. The summed E-state index contributed by atoms with van der Waals surface area (Å²) in [5, 5.41) is 3.86. The van der Waals surface area contributed by atoms with Gasteiger partial charge in [-0.1, -0.05) is 79.0 Å². The van der Waals surface area contributed by atoms with E-state index in [9.17, 15) is 9.59 Å². The van der Waals surface area contributed by atoms with Gasteiger partial charge in [-0.25, -0.2) is 0 Å². The van der Waals surface area contributed by atoms with Gasteiger partial charge in [0.25, 0.3) is 0 Å². The van der Waals surface area contributed by atoms with Gasteiger partial charge in [0, 0.05) is 29.8 Å². The summed E-state index contributed by atoms with van der Waals surface area (Å²) in [5.74, 6) is 1.62. The lowest BCUT2D eigenvalue weighted by Crippen LogP contribution is -2.52. The standard InChI is InChI=1S/C31H35ClN2O3S/c1-37-28-16-14-24(15-17-28)21-38-22-30(35)34(20-25-10-7-11-26(32)18-25)29(19-23-8-3-2-4-9-23)31(36)33-27-12-5-6-13-27/h2-4,7-11,14-18,27,29H,5-6,12-13,19-22H2,1H3,(H,33,36)/t29-/m1/s1. The molecule has 0 aromatic heterocycles. The number of methoxy groups -OCH3 is 1. The molecule has 1 fully saturated rings. The van der Waals surface area contributed by atoms with Gasteiger partial charge >= 0.3 is 0 Å². The zero-order valence-corrected chi connectivity index (χ0v) is 23.3. The lowest BCUT2D eigenvalue weighted by atomic mass is 10.0. The number of carbonyl (C=O) groups excluding carboxylic acids is 2. The van der Waals surface area contributed by atoms with Crippen LogP contribution in [0, 0.1) is 0 Å². The van der Waals surface area contributed by atoms with Crippen molar-refractivity contribution < 1.29 is 14.3 Å². The summed E-state index contributed by atoms with van der Waals surface area (Å²) in [4.78, 5) is 29.2. The maximum Gasteiger partial charge on any atom is 0.243 e. The zero-order chi connectivity index (χ0) is 26.7. The van der Waals surface area contributed by atoms with E-state index in [0.717, 1.165) is 48.1 Å². The number of thioether (sulfide) groups is 1. The van der Waals surface area contributed by atoms with E-state index in [4.69, 9.17) is 16.3 Å². The summed E-state index contributed by atoms with van der Waals surface area (Å²) in [7, 11) is 1.64. The Bertz CT molecular complexity index is 1180. The van der Waals surface area contributed by atoms with Crippen LogP contribution in [0.3, 0.4) is 0 Å². The zero-order valence-electron chi connectivity index (χ0n) is 21.8. The van der Waals surface area contributed by atoms with Gasteiger partial charge in [0.2, 0.25) is 11.8 Å². The summed E-state index contributed by atoms with van der Waals surface area (Å²) in [6.45, 7) is 0.318. The van der Waals surface area contributed by atoms with Crippen LogP contribution < -0.4 is 10.1 Å². The highest BCUT2D eigenvalue weighted by atomic mass is 35.5. The molecule has 4 rings (SSSR count). The number of carbonyl (C=O) groups is 2. The maximum absolute atomic E-state index is 13.8. The largest absolute Gasteiger partial charge is 0.497 e. The molecular weight excluding hydrogens is 516 g/mol. The first kappa shape index (κ1) is 28.1. The molecule has 0 spiro atoms. The van der Waals surface area contributed by atoms with Gasteiger partial charge < -0.3 is 15.0 Å². The van der Waals surface area contributed by atoms with E-state index in [1.807, 2.05) is 78.9 Å². The van der Waals surface area contributed by atoms with Gasteiger partial charge in [-0.2, -0.15) is 0 Å². The van der Waals surface area contributed by atoms with Gasteiger partial charge in [-0.05, 0) is 53.8 Å². The molecule has 1 saturated carbocycles. The van der Waals surface area contributed by atoms with E-state index in [1.54, 1.807) is 23.8 Å². The Balaban J connectivity index is 1.54. The minimum absolute atomic E-state index is 0.0639. The third-order valence-electron chi connectivity index (χ3n) is 6.87. The highest BCUT2D eigenvalue weighted by Crippen LogP contribution is 2.22. The van der Waals surface area contributed by atoms with E-state index in [2.05, 4.69) is 5.32 Å². The molecule has 3 aromatic carbocycles. The van der Waals surface area contributed by atoms with Crippen LogP contribution >= 0.6 is 23.4 Å². The second kappa shape index (κ2) is 14.3. The molecule has 2 amide bonds. The minimum Gasteiger partial charge on any atom is -0.497 e. The van der Waals surface area contributed by atoms with E-state index < -0.39 is 6.04 Å². The van der Waals surface area contributed by atoms with Crippen molar-refractivity contribution in [3.8, 4) is 5.75 Å². The van der Waals surface area contributed by atoms with Crippen LogP contribution in [0.5, 0.6) is 5.75 Å². The first-order valence-corrected chi connectivity index (χ1v) is 14.6. The van der Waals surface area contributed by atoms with Crippen molar-refractivity contribution in [1.29, 1.82) is 0 Å². The number of nitrogens with one attached hydrogen (secondary N) is 1. The first-order valence-electron chi connectivity index (χ1n) is 13.1. The van der Waals surface area contributed by atoms with Gasteiger partial charge in [-0.3, -0.25) is 9.59 Å². The van der Waals surface area contributed by atoms with Crippen molar-refractivity contribution in [2.75, 3.05) is 12.9 Å². The molecule has 38 heavy (non-hydrogen) atoms. The number of benzene rings is 3. The summed E-state index contributed by atoms with van der Waals surface area (Å²) in [6, 6.07) is 24.8. The molecule has 1 aliphatic rings. The molecule has 1 atom stereocenters. The van der Waals surface area contributed by atoms with Crippen LogP contribution in [0.4, 0.5) is 0 Å². The molecular formula is C31H35ClN2O3S. The van der Waals surface area contributed by atoms with Gasteiger partial charge in [-0.15, -0.1) is 11.8 Å². The smallest absolute Gasteiger partial charge is 0.243 e. The lowest BCUT2D eigenvalue weighted by Gasteiger charge is -2.32. The van der Waals surface area contributed by atoms with Crippen molar-refractivity contribution >= 4 is 35.2 Å². The Hall–Kier alpha value is -2.96. The minimum atomic E-state index is -0.619. The lowest BCUT2D eigenvalue weighted by molar-refractivity contribution is -0.139. The van der Waals surface area contributed by atoms with Gasteiger partial charge in [0.15, 0.2) is 0 Å². The molecule has 0 saturated heterocycles. The van der Waals surface area contributed by atoms with Crippen LogP contribution in [0.15, 0.2) is 78.9 Å². The third kappa shape index (κ3) is 8.27. The van der Waals surface area contributed by atoms with Crippen LogP contribution in [0.25, 0.3) is 0 Å². The van der Waals surface area contributed by atoms with Crippen LogP contribution in [0.1, 0.15) is 42.4 Å². The topological polar surface area (TPSA) is 58.6 Å². The predicted octanol–water partition coefficient (Wildman–Crippen LogP) is 6.28.